The van der Waals surface area contributed by atoms with E-state index in [1.165, 1.54) is 24.6 Å². The Hall–Kier alpha value is -3.31. The maximum atomic E-state index is 13.5. The van der Waals surface area contributed by atoms with Gasteiger partial charge >= 0.3 is 0 Å². The van der Waals surface area contributed by atoms with Crippen LogP contribution in [0, 0.1) is 12.8 Å². The summed E-state index contributed by atoms with van der Waals surface area (Å²) >= 11 is 0. The molecule has 2 aromatic carbocycles. The number of amides is 2. The number of fused-ring (bicyclic) bond motifs is 1. The van der Waals surface area contributed by atoms with Gasteiger partial charge in [0.05, 0.1) is 30.7 Å². The molecule has 34 heavy (non-hydrogen) atoms. The van der Waals surface area contributed by atoms with Gasteiger partial charge in [-0.25, -0.2) is 8.42 Å². The molecular formula is C23H27N3O7S. The zero-order valence-electron chi connectivity index (χ0n) is 19.2. The first kappa shape index (κ1) is 23.8. The monoisotopic (exact) mass is 489 g/mol. The quantitative estimate of drug-likeness (QED) is 0.639. The second kappa shape index (κ2) is 9.51. The number of sulfonamides is 1. The van der Waals surface area contributed by atoms with Crippen molar-refractivity contribution in [1.29, 1.82) is 0 Å². The number of piperidine rings is 1. The molecule has 10 nitrogen and oxygen atoms in total. The second-order valence-corrected chi connectivity index (χ2v) is 10.1. The average Bonchev–Trinajstić information content (AvgIpc) is 2.83. The molecule has 0 saturated carbocycles. The van der Waals surface area contributed by atoms with Crippen molar-refractivity contribution in [2.75, 3.05) is 44.5 Å². The minimum Gasteiger partial charge on any atom is -0.497 e. The second-order valence-electron chi connectivity index (χ2n) is 8.24. The molecule has 2 aliphatic heterocycles. The highest BCUT2D eigenvalue weighted by Gasteiger charge is 2.35. The van der Waals surface area contributed by atoms with Crippen LogP contribution in [0.1, 0.15) is 18.4 Å². The lowest BCUT2D eigenvalue weighted by molar-refractivity contribution is -0.121. The van der Waals surface area contributed by atoms with Crippen molar-refractivity contribution in [2.45, 2.75) is 24.7 Å². The van der Waals surface area contributed by atoms with Gasteiger partial charge in [-0.2, -0.15) is 4.31 Å². The molecule has 2 aliphatic rings. The van der Waals surface area contributed by atoms with Gasteiger partial charge in [0.25, 0.3) is 5.91 Å². The number of benzene rings is 2. The highest BCUT2D eigenvalue weighted by atomic mass is 32.2. The number of carbonyl (C=O) groups excluding carboxylic acids is 2. The lowest BCUT2D eigenvalue weighted by atomic mass is 9.98. The summed E-state index contributed by atoms with van der Waals surface area (Å²) in [5.74, 6) is 0.285. The summed E-state index contributed by atoms with van der Waals surface area (Å²) in [5, 5.41) is 5.53. The molecule has 11 heteroatoms. The number of nitrogens with zero attached hydrogens (tertiary/aromatic N) is 1. The largest absolute Gasteiger partial charge is 0.497 e. The molecule has 2 amide bonds. The van der Waals surface area contributed by atoms with Crippen LogP contribution in [0.5, 0.6) is 17.2 Å². The van der Waals surface area contributed by atoms with E-state index in [1.807, 2.05) is 0 Å². The van der Waals surface area contributed by atoms with Crippen molar-refractivity contribution in [2.24, 2.45) is 5.92 Å². The normalized spacial score (nSPS) is 18.3. The number of anilines is 2. The Morgan fingerprint density at radius 3 is 2.53 bits per heavy atom. The van der Waals surface area contributed by atoms with Gasteiger partial charge in [-0.05, 0) is 31.4 Å². The lowest BCUT2D eigenvalue weighted by Crippen LogP contribution is -2.43. The fourth-order valence-corrected chi connectivity index (χ4v) is 5.88. The first-order chi connectivity index (χ1) is 16.2. The molecule has 0 spiro atoms. The van der Waals surface area contributed by atoms with Gasteiger partial charge in [0.2, 0.25) is 15.9 Å². The van der Waals surface area contributed by atoms with Crippen molar-refractivity contribution >= 4 is 33.2 Å². The fourth-order valence-electron chi connectivity index (χ4n) is 4.13. The average molecular weight is 490 g/mol. The summed E-state index contributed by atoms with van der Waals surface area (Å²) in [6, 6.07) is 8.07. The van der Waals surface area contributed by atoms with Crippen molar-refractivity contribution in [3.63, 3.8) is 0 Å². The Morgan fingerprint density at radius 1 is 1.15 bits per heavy atom. The van der Waals surface area contributed by atoms with Crippen molar-refractivity contribution in [3.05, 3.63) is 35.9 Å². The van der Waals surface area contributed by atoms with Gasteiger partial charge in [0.1, 0.15) is 17.2 Å². The standard InChI is InChI=1S/C23H27N3O7S/c1-14-7-19-20(33-13-22(27)25-19)11-21(14)34(29,30)26-6-4-5-15(12-26)23(28)24-16-8-17(31-2)10-18(9-16)32-3/h7-11,15H,4-6,12-13H2,1-3H3,(H,24,28)(H,25,27)/t15-/m0/s1. The summed E-state index contributed by atoms with van der Waals surface area (Å²) in [5.41, 5.74) is 1.43. The van der Waals surface area contributed by atoms with E-state index < -0.39 is 15.9 Å². The van der Waals surface area contributed by atoms with E-state index in [2.05, 4.69) is 10.6 Å². The number of ether oxygens (including phenoxy) is 3. The van der Waals surface area contributed by atoms with Crippen LogP contribution >= 0.6 is 0 Å². The molecule has 2 aromatic rings. The Balaban J connectivity index is 1.52. The third-order valence-corrected chi connectivity index (χ3v) is 7.91. The van der Waals surface area contributed by atoms with Crippen molar-refractivity contribution < 1.29 is 32.2 Å². The van der Waals surface area contributed by atoms with E-state index in [9.17, 15) is 18.0 Å². The van der Waals surface area contributed by atoms with Crippen LogP contribution in [0.3, 0.4) is 0 Å². The molecule has 4 rings (SSSR count). The molecular weight excluding hydrogens is 462 g/mol. The predicted molar refractivity (Wildman–Crippen MR) is 125 cm³/mol. The van der Waals surface area contributed by atoms with E-state index in [4.69, 9.17) is 14.2 Å². The molecule has 1 atom stereocenters. The van der Waals surface area contributed by atoms with Crippen LogP contribution in [-0.2, 0) is 19.6 Å². The van der Waals surface area contributed by atoms with Crippen LogP contribution in [0.4, 0.5) is 11.4 Å². The summed E-state index contributed by atoms with van der Waals surface area (Å²) < 4.78 is 44.2. The minimum absolute atomic E-state index is 0.0589. The molecule has 1 saturated heterocycles. The third kappa shape index (κ3) is 4.80. The SMILES string of the molecule is COc1cc(NC(=O)[C@H]2CCCN(S(=O)(=O)c3cc4c(cc3C)NC(=O)CO4)C2)cc(OC)c1. The molecule has 0 bridgehead atoms. The van der Waals surface area contributed by atoms with Gasteiger partial charge in [0.15, 0.2) is 6.61 Å². The maximum Gasteiger partial charge on any atom is 0.262 e. The third-order valence-electron chi connectivity index (χ3n) is 5.90. The van der Waals surface area contributed by atoms with E-state index in [1.54, 1.807) is 31.2 Å². The first-order valence-corrected chi connectivity index (χ1v) is 12.3. The zero-order valence-corrected chi connectivity index (χ0v) is 20.0. The van der Waals surface area contributed by atoms with Gasteiger partial charge in [-0.15, -0.1) is 0 Å². The Bertz CT molecular complexity index is 1210. The Labute approximate surface area is 198 Å². The van der Waals surface area contributed by atoms with E-state index >= 15 is 0 Å². The highest BCUT2D eigenvalue weighted by Crippen LogP contribution is 2.35. The number of carbonyl (C=O) groups is 2. The minimum atomic E-state index is -3.88. The fraction of sp³-hybridized carbons (Fsp3) is 0.391. The first-order valence-electron chi connectivity index (χ1n) is 10.8. The van der Waals surface area contributed by atoms with Crippen LogP contribution in [0.2, 0.25) is 0 Å². The number of hydrogen-bond acceptors (Lipinski definition) is 7. The Kier molecular flexibility index (Phi) is 6.67. The molecule has 1 fully saturated rings. The number of hydrogen-bond donors (Lipinski definition) is 2. The van der Waals surface area contributed by atoms with E-state index in [0.29, 0.717) is 53.6 Å². The van der Waals surface area contributed by atoms with Gasteiger partial charge in [-0.1, -0.05) is 0 Å². The maximum absolute atomic E-state index is 13.5. The molecule has 0 aromatic heterocycles. The molecule has 2 N–H and O–H groups in total. The van der Waals surface area contributed by atoms with Crippen LogP contribution < -0.4 is 24.8 Å². The van der Waals surface area contributed by atoms with Crippen LogP contribution in [-0.4, -0.2) is 58.5 Å². The van der Waals surface area contributed by atoms with E-state index in [-0.39, 0.29) is 29.9 Å². The number of nitrogens with one attached hydrogen (secondary N) is 2. The highest BCUT2D eigenvalue weighted by molar-refractivity contribution is 7.89. The molecule has 0 aliphatic carbocycles. The van der Waals surface area contributed by atoms with Crippen LogP contribution in [0.25, 0.3) is 0 Å². The number of methoxy groups -OCH3 is 2. The van der Waals surface area contributed by atoms with E-state index in [0.717, 1.165) is 0 Å². The Morgan fingerprint density at radius 2 is 1.85 bits per heavy atom. The topological polar surface area (TPSA) is 123 Å². The zero-order chi connectivity index (χ0) is 24.5. The number of aryl methyl sites for hydroxylation is 1. The summed E-state index contributed by atoms with van der Waals surface area (Å²) in [6.07, 6.45) is 1.12. The molecule has 0 radical (unpaired) electrons. The lowest BCUT2D eigenvalue weighted by Gasteiger charge is -2.32. The smallest absolute Gasteiger partial charge is 0.262 e. The number of rotatable bonds is 6. The van der Waals surface area contributed by atoms with Gasteiger partial charge in [-0.3, -0.25) is 9.59 Å². The van der Waals surface area contributed by atoms with Crippen molar-refractivity contribution in [1.82, 2.24) is 4.31 Å². The molecule has 2 heterocycles. The molecule has 182 valence electrons. The predicted octanol–water partition coefficient (Wildman–Crippen LogP) is 2.38. The summed E-state index contributed by atoms with van der Waals surface area (Å²) in [6.45, 7) is 1.87. The van der Waals surface area contributed by atoms with Gasteiger partial charge < -0.3 is 24.8 Å². The van der Waals surface area contributed by atoms with Gasteiger partial charge in [0, 0.05) is 43.0 Å². The summed E-state index contributed by atoms with van der Waals surface area (Å²) in [4.78, 5) is 24.6. The summed E-state index contributed by atoms with van der Waals surface area (Å²) in [7, 11) is -0.840. The van der Waals surface area contributed by atoms with Crippen molar-refractivity contribution in [3.8, 4) is 17.2 Å². The van der Waals surface area contributed by atoms with Crippen LogP contribution in [0.15, 0.2) is 35.2 Å². The molecule has 0 unspecified atom stereocenters.